The third-order valence-electron chi connectivity index (χ3n) is 0.111. The normalized spacial score (nSPS) is 3.33. The summed E-state index contributed by atoms with van der Waals surface area (Å²) >= 11 is 0. The van der Waals surface area contributed by atoms with E-state index in [0.717, 1.165) is 0 Å². The minimum absolute atomic E-state index is 0. The van der Waals surface area contributed by atoms with Crippen molar-refractivity contribution < 1.29 is 25.3 Å². The first-order valence-corrected chi connectivity index (χ1v) is 1.00. The molecule has 0 heterocycles. The van der Waals surface area contributed by atoms with Crippen LogP contribution in [0.4, 0.5) is 0 Å². The van der Waals surface area contributed by atoms with Crippen LogP contribution in [-0.4, -0.2) is 5.48 Å². The molecule has 0 aromatic heterocycles. The standard InChI is InChI=1S/C4H4.H2O.Os/c1-3-4-2;;/h1-4H;1H2;/q-2;;+2. The molecule has 0 atom stereocenters. The summed E-state index contributed by atoms with van der Waals surface area (Å²) in [6, 6.07) is 0. The first kappa shape index (κ1) is 16.5. The van der Waals surface area contributed by atoms with Crippen LogP contribution in [0.25, 0.3) is 0 Å². The molecule has 36 valence electrons. The van der Waals surface area contributed by atoms with E-state index >= 15 is 0 Å². The molecule has 0 aromatic carbocycles. The summed E-state index contributed by atoms with van der Waals surface area (Å²) in [5.74, 6) is 0. The average Bonchev–Trinajstić information content (AvgIpc) is 1.37. The van der Waals surface area contributed by atoms with E-state index < -0.39 is 0 Å². The second-order valence-electron chi connectivity index (χ2n) is 0.385. The van der Waals surface area contributed by atoms with Gasteiger partial charge in [-0.25, -0.2) is 0 Å². The van der Waals surface area contributed by atoms with Crippen LogP contribution in [0.2, 0.25) is 0 Å². The van der Waals surface area contributed by atoms with Gasteiger partial charge in [-0.2, -0.15) is 0 Å². The Balaban J connectivity index is -0.0000000450. The molecule has 2 N–H and O–H groups in total. The first-order chi connectivity index (χ1) is 1.91. The summed E-state index contributed by atoms with van der Waals surface area (Å²) in [7, 11) is 0. The number of rotatable bonds is 1. The molecule has 0 rings (SSSR count). The smallest absolute Gasteiger partial charge is 0.412 e. The summed E-state index contributed by atoms with van der Waals surface area (Å²) < 4.78 is 0. The Bertz CT molecular complexity index is 28.5. The third-order valence-corrected chi connectivity index (χ3v) is 0.111. The molecule has 0 radical (unpaired) electrons. The summed E-state index contributed by atoms with van der Waals surface area (Å²) in [5, 5.41) is 0. The molecule has 0 fully saturated rings. The Kier molecular flexibility index (Phi) is 54.0. The van der Waals surface area contributed by atoms with Crippen LogP contribution in [0.3, 0.4) is 0 Å². The van der Waals surface area contributed by atoms with Crippen molar-refractivity contribution in [3.8, 4) is 0 Å². The number of hydrogen-bond donors (Lipinski definition) is 0. The van der Waals surface area contributed by atoms with Gasteiger partial charge >= 0.3 is 19.8 Å². The fourth-order valence-corrected chi connectivity index (χ4v) is 0. The van der Waals surface area contributed by atoms with Crippen LogP contribution in [-0.2, 0) is 19.8 Å². The Hall–Kier alpha value is 0.0764. The quantitative estimate of drug-likeness (QED) is 0.474. The maximum atomic E-state index is 4.72. The fourth-order valence-electron chi connectivity index (χ4n) is 0. The minimum atomic E-state index is 0. The van der Waals surface area contributed by atoms with Crippen LogP contribution in [0.5, 0.6) is 0 Å². The Labute approximate surface area is 51.1 Å². The van der Waals surface area contributed by atoms with E-state index in [1.54, 1.807) is 0 Å². The molecule has 0 unspecified atom stereocenters. The zero-order chi connectivity index (χ0) is 3.41. The maximum absolute atomic E-state index is 4.72. The predicted octanol–water partition coefficient (Wildman–Crippen LogP) is 0.138. The third kappa shape index (κ3) is 33.3. The largest absolute Gasteiger partial charge is 2.00 e. The fraction of sp³-hybridized carbons (Fsp3) is 0. The summed E-state index contributed by atoms with van der Waals surface area (Å²) in [5.41, 5.74) is 0. The topological polar surface area (TPSA) is 31.5 Å². The van der Waals surface area contributed by atoms with Gasteiger partial charge in [-0.3, -0.25) is 0 Å². The van der Waals surface area contributed by atoms with Gasteiger partial charge in [-0.05, 0) is 0 Å². The predicted molar refractivity (Wildman–Crippen MR) is 21.4 cm³/mol. The van der Waals surface area contributed by atoms with E-state index in [4.69, 9.17) is 13.2 Å². The molecule has 2 heteroatoms. The second-order valence-corrected chi connectivity index (χ2v) is 0.385. The maximum Gasteiger partial charge on any atom is 2.00 e. The van der Waals surface area contributed by atoms with Crippen LogP contribution in [0, 0.1) is 13.2 Å². The molecule has 0 spiro atoms. The van der Waals surface area contributed by atoms with Crippen molar-refractivity contribution >= 4 is 0 Å². The molecular formula is C4H6OOs. The summed E-state index contributed by atoms with van der Waals surface area (Å²) in [6.07, 6.45) is 2.56. The molecule has 0 aliphatic rings. The van der Waals surface area contributed by atoms with Crippen LogP contribution in [0.15, 0.2) is 12.2 Å². The molecule has 0 aliphatic heterocycles. The van der Waals surface area contributed by atoms with E-state index in [9.17, 15) is 0 Å². The van der Waals surface area contributed by atoms with Crippen molar-refractivity contribution in [2.75, 3.05) is 0 Å². The molecule has 1 nitrogen and oxygen atoms in total. The van der Waals surface area contributed by atoms with E-state index in [1.165, 1.54) is 12.2 Å². The molecule has 0 saturated carbocycles. The Morgan fingerprint density at radius 3 is 1.17 bits per heavy atom. The minimum Gasteiger partial charge on any atom is -0.412 e. The SMILES string of the molecule is O.[CH-]=CC=[CH-].[Os+2]. The van der Waals surface area contributed by atoms with E-state index in [-0.39, 0.29) is 25.3 Å². The van der Waals surface area contributed by atoms with Crippen molar-refractivity contribution in [3.63, 3.8) is 0 Å². The van der Waals surface area contributed by atoms with Gasteiger partial charge < -0.3 is 30.8 Å². The van der Waals surface area contributed by atoms with Gasteiger partial charge in [-0.15, -0.1) is 0 Å². The molecule has 0 aromatic rings. The first-order valence-electron chi connectivity index (χ1n) is 1.00. The molecule has 0 bridgehead atoms. The van der Waals surface area contributed by atoms with E-state index in [0.29, 0.717) is 0 Å². The monoisotopic (exact) mass is 262 g/mol. The summed E-state index contributed by atoms with van der Waals surface area (Å²) in [4.78, 5) is 0. The van der Waals surface area contributed by atoms with Crippen LogP contribution < -0.4 is 0 Å². The number of hydrogen-bond acceptors (Lipinski definition) is 0. The van der Waals surface area contributed by atoms with Gasteiger partial charge in [0, 0.05) is 0 Å². The molecule has 6 heavy (non-hydrogen) atoms. The zero-order valence-corrected chi connectivity index (χ0v) is 5.70. The Morgan fingerprint density at radius 1 is 1.00 bits per heavy atom. The zero-order valence-electron chi connectivity index (χ0n) is 3.16. The average molecular weight is 260 g/mol. The van der Waals surface area contributed by atoms with Crippen LogP contribution >= 0.6 is 0 Å². The van der Waals surface area contributed by atoms with Crippen molar-refractivity contribution in [1.82, 2.24) is 0 Å². The van der Waals surface area contributed by atoms with Crippen molar-refractivity contribution in [1.29, 1.82) is 0 Å². The molecule has 0 saturated heterocycles. The second kappa shape index (κ2) is 19.6. The van der Waals surface area contributed by atoms with Crippen molar-refractivity contribution in [3.05, 3.63) is 25.3 Å². The van der Waals surface area contributed by atoms with Gasteiger partial charge in [0.15, 0.2) is 0 Å². The molecule has 0 amide bonds. The van der Waals surface area contributed by atoms with Crippen molar-refractivity contribution in [2.24, 2.45) is 0 Å². The Morgan fingerprint density at radius 2 is 1.17 bits per heavy atom. The van der Waals surface area contributed by atoms with E-state index in [1.807, 2.05) is 0 Å². The van der Waals surface area contributed by atoms with Crippen molar-refractivity contribution in [2.45, 2.75) is 0 Å². The van der Waals surface area contributed by atoms with Gasteiger partial charge in [0.1, 0.15) is 0 Å². The number of allylic oxidation sites excluding steroid dienone is 2. The van der Waals surface area contributed by atoms with Gasteiger partial charge in [0.2, 0.25) is 0 Å². The van der Waals surface area contributed by atoms with E-state index in [2.05, 4.69) is 0 Å². The molecule has 0 aliphatic carbocycles. The molecular weight excluding hydrogens is 254 g/mol. The van der Waals surface area contributed by atoms with Gasteiger partial charge in [0.25, 0.3) is 0 Å². The van der Waals surface area contributed by atoms with Gasteiger partial charge in [0.05, 0.1) is 0 Å². The van der Waals surface area contributed by atoms with Gasteiger partial charge in [-0.1, -0.05) is 0 Å². The summed E-state index contributed by atoms with van der Waals surface area (Å²) in [6.45, 7) is 9.44. The van der Waals surface area contributed by atoms with Crippen LogP contribution in [0.1, 0.15) is 0 Å².